The van der Waals surface area contributed by atoms with Crippen molar-refractivity contribution in [1.82, 2.24) is 0 Å². The Morgan fingerprint density at radius 1 is 1.31 bits per heavy atom. The van der Waals surface area contributed by atoms with Gasteiger partial charge < -0.3 is 19.3 Å². The second-order valence-electron chi connectivity index (χ2n) is 3.33. The molecule has 1 aliphatic rings. The topological polar surface area (TPSA) is 82.1 Å². The van der Waals surface area contributed by atoms with Gasteiger partial charge in [0.1, 0.15) is 18.8 Å². The standard InChI is InChI=1S/C10H14O6/c1-6(11)14-5-9-8(15-7(2)12)3-4-10(13)16-9/h3-4,8-10,13H,5H2,1-2H3/t8-,9+,10?/m0/s1. The zero-order valence-electron chi connectivity index (χ0n) is 9.08. The van der Waals surface area contributed by atoms with E-state index in [0.29, 0.717) is 0 Å². The smallest absolute Gasteiger partial charge is 0.303 e. The Hall–Kier alpha value is -1.40. The molecule has 1 unspecified atom stereocenters. The number of esters is 2. The quantitative estimate of drug-likeness (QED) is 0.532. The molecule has 0 amide bonds. The summed E-state index contributed by atoms with van der Waals surface area (Å²) >= 11 is 0. The third kappa shape index (κ3) is 4.00. The molecule has 16 heavy (non-hydrogen) atoms. The molecular weight excluding hydrogens is 216 g/mol. The first-order chi connectivity index (χ1) is 7.49. The molecule has 0 saturated heterocycles. The Morgan fingerprint density at radius 3 is 2.56 bits per heavy atom. The van der Waals surface area contributed by atoms with Gasteiger partial charge in [-0.1, -0.05) is 0 Å². The minimum atomic E-state index is -1.08. The highest BCUT2D eigenvalue weighted by molar-refractivity contribution is 5.66. The van der Waals surface area contributed by atoms with Crippen LogP contribution in [0.4, 0.5) is 0 Å². The zero-order chi connectivity index (χ0) is 12.1. The lowest BCUT2D eigenvalue weighted by Crippen LogP contribution is -2.41. The Kier molecular flexibility index (Phi) is 4.45. The van der Waals surface area contributed by atoms with Crippen LogP contribution in [-0.2, 0) is 23.8 Å². The molecule has 1 N–H and O–H groups in total. The number of aliphatic hydroxyl groups excluding tert-OH is 1. The van der Waals surface area contributed by atoms with Crippen molar-refractivity contribution in [1.29, 1.82) is 0 Å². The summed E-state index contributed by atoms with van der Waals surface area (Å²) in [6.07, 6.45) is 0.446. The van der Waals surface area contributed by atoms with E-state index >= 15 is 0 Å². The summed E-state index contributed by atoms with van der Waals surface area (Å²) in [5, 5.41) is 9.21. The van der Waals surface area contributed by atoms with Crippen molar-refractivity contribution >= 4 is 11.9 Å². The molecule has 0 bridgehead atoms. The second-order valence-corrected chi connectivity index (χ2v) is 3.33. The van der Waals surface area contributed by atoms with Gasteiger partial charge in [-0.2, -0.15) is 0 Å². The third-order valence-electron chi connectivity index (χ3n) is 1.90. The van der Waals surface area contributed by atoms with Crippen LogP contribution in [0.25, 0.3) is 0 Å². The van der Waals surface area contributed by atoms with E-state index in [1.165, 1.54) is 26.0 Å². The van der Waals surface area contributed by atoms with E-state index < -0.39 is 30.4 Å². The van der Waals surface area contributed by atoms with Crippen molar-refractivity contribution in [2.75, 3.05) is 6.61 Å². The van der Waals surface area contributed by atoms with Crippen LogP contribution in [0.5, 0.6) is 0 Å². The van der Waals surface area contributed by atoms with Gasteiger partial charge in [-0.15, -0.1) is 0 Å². The lowest BCUT2D eigenvalue weighted by molar-refractivity contribution is -0.183. The number of hydrogen-bond donors (Lipinski definition) is 1. The van der Waals surface area contributed by atoms with Gasteiger partial charge in [0.05, 0.1) is 0 Å². The Balaban J connectivity index is 2.58. The summed E-state index contributed by atoms with van der Waals surface area (Å²) in [7, 11) is 0. The SMILES string of the molecule is CC(=O)OC[C@H]1OC(O)C=C[C@@H]1OC(C)=O. The van der Waals surface area contributed by atoms with E-state index in [-0.39, 0.29) is 6.61 Å². The number of rotatable bonds is 3. The van der Waals surface area contributed by atoms with Crippen LogP contribution < -0.4 is 0 Å². The fourth-order valence-corrected chi connectivity index (χ4v) is 1.27. The normalized spacial score (nSPS) is 28.6. The van der Waals surface area contributed by atoms with E-state index in [2.05, 4.69) is 0 Å². The lowest BCUT2D eigenvalue weighted by atomic mass is 10.1. The first-order valence-electron chi connectivity index (χ1n) is 4.81. The predicted molar refractivity (Wildman–Crippen MR) is 52.2 cm³/mol. The first-order valence-corrected chi connectivity index (χ1v) is 4.81. The first kappa shape index (κ1) is 12.7. The van der Waals surface area contributed by atoms with Crippen LogP contribution >= 0.6 is 0 Å². The van der Waals surface area contributed by atoms with Gasteiger partial charge >= 0.3 is 11.9 Å². The molecule has 0 aromatic rings. The Morgan fingerprint density at radius 2 is 2.00 bits per heavy atom. The van der Waals surface area contributed by atoms with Crippen molar-refractivity contribution in [2.24, 2.45) is 0 Å². The number of carbonyl (C=O) groups excluding carboxylic acids is 2. The average molecular weight is 230 g/mol. The maximum absolute atomic E-state index is 10.8. The fraction of sp³-hybridized carbons (Fsp3) is 0.600. The van der Waals surface area contributed by atoms with Crippen molar-refractivity contribution < 1.29 is 28.9 Å². The largest absolute Gasteiger partial charge is 0.463 e. The minimum Gasteiger partial charge on any atom is -0.463 e. The molecule has 0 fully saturated rings. The molecule has 1 heterocycles. The average Bonchev–Trinajstić information content (AvgIpc) is 2.17. The van der Waals surface area contributed by atoms with Gasteiger partial charge in [0.15, 0.2) is 6.29 Å². The van der Waals surface area contributed by atoms with Crippen molar-refractivity contribution in [3.05, 3.63) is 12.2 Å². The lowest BCUT2D eigenvalue weighted by Gasteiger charge is -2.29. The number of carbonyl (C=O) groups is 2. The van der Waals surface area contributed by atoms with Crippen LogP contribution in [0.3, 0.4) is 0 Å². The molecule has 0 aromatic heterocycles. The molecule has 0 radical (unpaired) electrons. The molecule has 3 atom stereocenters. The van der Waals surface area contributed by atoms with E-state index in [0.717, 1.165) is 0 Å². The predicted octanol–water partition coefficient (Wildman–Crippen LogP) is -0.245. The van der Waals surface area contributed by atoms with Crippen LogP contribution in [0, 0.1) is 0 Å². The summed E-state index contributed by atoms with van der Waals surface area (Å²) in [6.45, 7) is 2.45. The van der Waals surface area contributed by atoms with E-state index in [4.69, 9.17) is 14.2 Å². The second kappa shape index (κ2) is 5.62. The molecular formula is C10H14O6. The van der Waals surface area contributed by atoms with Gasteiger partial charge in [-0.05, 0) is 12.2 Å². The van der Waals surface area contributed by atoms with Crippen molar-refractivity contribution in [3.8, 4) is 0 Å². The number of ether oxygens (including phenoxy) is 3. The molecule has 0 aromatic carbocycles. The van der Waals surface area contributed by atoms with Gasteiger partial charge in [-0.25, -0.2) is 0 Å². The summed E-state index contributed by atoms with van der Waals surface area (Å²) < 4.78 is 14.7. The fourth-order valence-electron chi connectivity index (χ4n) is 1.27. The van der Waals surface area contributed by atoms with Crippen LogP contribution in [0.15, 0.2) is 12.2 Å². The molecule has 1 aliphatic heterocycles. The van der Waals surface area contributed by atoms with Gasteiger partial charge in [0.2, 0.25) is 0 Å². The zero-order valence-corrected chi connectivity index (χ0v) is 9.08. The van der Waals surface area contributed by atoms with E-state index in [1.54, 1.807) is 0 Å². The molecule has 0 saturated carbocycles. The highest BCUT2D eigenvalue weighted by Crippen LogP contribution is 2.15. The summed E-state index contributed by atoms with van der Waals surface area (Å²) in [6, 6.07) is 0. The summed E-state index contributed by atoms with van der Waals surface area (Å²) in [4.78, 5) is 21.4. The van der Waals surface area contributed by atoms with Crippen molar-refractivity contribution in [2.45, 2.75) is 32.3 Å². The van der Waals surface area contributed by atoms with Crippen LogP contribution in [0.1, 0.15) is 13.8 Å². The van der Waals surface area contributed by atoms with Crippen LogP contribution in [-0.4, -0.2) is 42.1 Å². The maximum Gasteiger partial charge on any atom is 0.303 e. The van der Waals surface area contributed by atoms with E-state index in [9.17, 15) is 14.7 Å². The third-order valence-corrected chi connectivity index (χ3v) is 1.90. The molecule has 6 heteroatoms. The van der Waals surface area contributed by atoms with Gasteiger partial charge in [0, 0.05) is 13.8 Å². The highest BCUT2D eigenvalue weighted by atomic mass is 16.6. The van der Waals surface area contributed by atoms with Crippen molar-refractivity contribution in [3.63, 3.8) is 0 Å². The molecule has 90 valence electrons. The van der Waals surface area contributed by atoms with Gasteiger partial charge in [-0.3, -0.25) is 9.59 Å². The van der Waals surface area contributed by atoms with Crippen LogP contribution in [0.2, 0.25) is 0 Å². The highest BCUT2D eigenvalue weighted by Gasteiger charge is 2.29. The number of aliphatic hydroxyl groups is 1. The molecule has 1 rings (SSSR count). The molecule has 0 aliphatic carbocycles. The molecule has 6 nitrogen and oxygen atoms in total. The Labute approximate surface area is 92.8 Å². The monoisotopic (exact) mass is 230 g/mol. The van der Waals surface area contributed by atoms with E-state index in [1.807, 2.05) is 0 Å². The van der Waals surface area contributed by atoms with Gasteiger partial charge in [0.25, 0.3) is 0 Å². The summed E-state index contributed by atoms with van der Waals surface area (Å²) in [5.74, 6) is -0.934. The maximum atomic E-state index is 10.8. The Bertz CT molecular complexity index is 298. The molecule has 0 spiro atoms. The number of hydrogen-bond acceptors (Lipinski definition) is 6. The summed E-state index contributed by atoms with van der Waals surface area (Å²) in [5.41, 5.74) is 0. The minimum absolute atomic E-state index is 0.0747.